The summed E-state index contributed by atoms with van der Waals surface area (Å²) < 4.78 is 5.45. The maximum Gasteiger partial charge on any atom is 0.308 e. The minimum Gasteiger partial charge on any atom is -0.481 e. The van der Waals surface area contributed by atoms with E-state index in [1.807, 2.05) is 16.0 Å². The number of piperidine rings is 1. The van der Waals surface area contributed by atoms with Gasteiger partial charge in [0, 0.05) is 25.6 Å². The van der Waals surface area contributed by atoms with Crippen molar-refractivity contribution >= 4 is 107 Å². The number of carbonyl (C=O) groups excluding carboxylic acids is 14. The molecule has 0 aromatic rings. The number of hydrogen-bond donors (Lipinski definition) is 16. The lowest BCUT2D eigenvalue weighted by atomic mass is 9.96. The highest BCUT2D eigenvalue weighted by Gasteiger charge is 2.46. The van der Waals surface area contributed by atoms with E-state index in [1.54, 1.807) is 34.6 Å². The van der Waals surface area contributed by atoms with Crippen molar-refractivity contribution in [2.24, 2.45) is 17.6 Å². The summed E-state index contributed by atoms with van der Waals surface area (Å²) in [7, 11) is 0. The highest BCUT2D eigenvalue weighted by molar-refractivity contribution is 6.02. The third kappa shape index (κ3) is 31.3. The zero-order valence-corrected chi connectivity index (χ0v) is 61.5. The summed E-state index contributed by atoms with van der Waals surface area (Å²) in [4.78, 5) is 249. The molecule has 0 spiro atoms. The maximum absolute atomic E-state index is 15.5. The van der Waals surface area contributed by atoms with E-state index in [1.165, 1.54) is 39.5 Å². The van der Waals surface area contributed by atoms with Gasteiger partial charge < -0.3 is 99.2 Å². The molecule has 17 N–H and O–H groups in total. The van der Waals surface area contributed by atoms with Crippen LogP contribution in [0.4, 0.5) is 0 Å². The van der Waals surface area contributed by atoms with E-state index in [4.69, 9.17) is 10.5 Å². The number of unbranched alkanes of at least 4 members (excludes halogenated alkanes) is 11. The molecule has 590 valence electrons. The molecule has 37 nitrogen and oxygen atoms in total. The summed E-state index contributed by atoms with van der Waals surface area (Å²) in [6.45, 7) is 10.8. The van der Waals surface area contributed by atoms with Gasteiger partial charge in [-0.3, -0.25) is 86.3 Å². The van der Waals surface area contributed by atoms with Gasteiger partial charge in [0.05, 0.1) is 50.7 Å². The quantitative estimate of drug-likeness (QED) is 0.0272. The predicted molar refractivity (Wildman–Crippen MR) is 371 cm³/mol. The molecule has 0 aliphatic carbocycles. The fourth-order valence-corrected chi connectivity index (χ4v) is 12.1. The maximum atomic E-state index is 15.5. The van der Waals surface area contributed by atoms with E-state index < -0.39 is 235 Å². The van der Waals surface area contributed by atoms with Crippen molar-refractivity contribution in [1.29, 1.82) is 0 Å². The molecular weight excluding hydrogens is 1380 g/mol. The van der Waals surface area contributed by atoms with Crippen molar-refractivity contribution in [2.45, 2.75) is 282 Å². The topological polar surface area (TPSA) is 562 Å². The number of amides is 13. The van der Waals surface area contributed by atoms with Gasteiger partial charge in [-0.05, 0) is 86.0 Å². The number of fused-ring (bicyclic) bond motifs is 2. The van der Waals surface area contributed by atoms with Crippen LogP contribution < -0.4 is 64.2 Å². The molecule has 0 saturated carbocycles. The van der Waals surface area contributed by atoms with Crippen LogP contribution in [0.2, 0.25) is 0 Å². The second-order valence-corrected chi connectivity index (χ2v) is 28.3. The molecule has 13 atom stereocenters. The summed E-state index contributed by atoms with van der Waals surface area (Å²) in [6, 6.07) is -21.3. The first-order valence-corrected chi connectivity index (χ1v) is 36.0. The zero-order valence-electron chi connectivity index (χ0n) is 61.5. The van der Waals surface area contributed by atoms with Crippen molar-refractivity contribution in [2.75, 3.05) is 26.2 Å². The van der Waals surface area contributed by atoms with Gasteiger partial charge in [0.15, 0.2) is 0 Å². The Balaban J connectivity index is 2.20. The first-order valence-electron chi connectivity index (χ1n) is 36.0. The summed E-state index contributed by atoms with van der Waals surface area (Å²) in [5, 5.41) is 65.0. The zero-order chi connectivity index (χ0) is 79.0. The van der Waals surface area contributed by atoms with Gasteiger partial charge in [0.1, 0.15) is 66.0 Å². The number of carboxylic acids is 4. The highest BCUT2D eigenvalue weighted by atomic mass is 16.6. The summed E-state index contributed by atoms with van der Waals surface area (Å²) in [6.07, 6.45) is 7.78. The lowest BCUT2D eigenvalue weighted by Gasteiger charge is -2.39. The molecule has 37 heteroatoms. The Morgan fingerprint density at radius 3 is 1.52 bits per heavy atom. The van der Waals surface area contributed by atoms with Gasteiger partial charge in [-0.15, -0.1) is 0 Å². The number of nitrogens with two attached hydrogens (primary N) is 1. The molecule has 105 heavy (non-hydrogen) atoms. The normalized spacial score (nSPS) is 23.7. The molecule has 3 aliphatic rings. The number of rotatable bonds is 30. The number of carboxylic acid groups (broad SMARTS) is 4. The number of carbonyl (C=O) groups is 18. The number of ether oxygens (including phenoxy) is 1. The molecule has 3 aliphatic heterocycles. The van der Waals surface area contributed by atoms with Crippen LogP contribution in [0.5, 0.6) is 0 Å². The number of esters is 1. The van der Waals surface area contributed by atoms with Gasteiger partial charge >= 0.3 is 29.8 Å². The summed E-state index contributed by atoms with van der Waals surface area (Å²) in [5.41, 5.74) is 5.05. The van der Waals surface area contributed by atoms with Crippen molar-refractivity contribution in [3.63, 3.8) is 0 Å². The summed E-state index contributed by atoms with van der Waals surface area (Å²) in [5.74, 6) is -25.6. The van der Waals surface area contributed by atoms with Crippen LogP contribution in [0, 0.1) is 11.8 Å². The Labute approximate surface area is 609 Å². The Hall–Kier alpha value is -9.58. The Kier molecular flexibility index (Phi) is 37.8. The second-order valence-electron chi connectivity index (χ2n) is 28.3. The highest BCUT2D eigenvalue weighted by Crippen LogP contribution is 2.24. The lowest BCUT2D eigenvalue weighted by Crippen LogP contribution is -2.66. The molecule has 0 aromatic heterocycles. The smallest absolute Gasteiger partial charge is 0.308 e. The monoisotopic (exact) mass is 1490 g/mol. The number of aliphatic carboxylic acids is 4. The van der Waals surface area contributed by atoms with Crippen LogP contribution in [0.25, 0.3) is 0 Å². The van der Waals surface area contributed by atoms with Crippen molar-refractivity contribution in [3.05, 3.63) is 0 Å². The molecule has 3 saturated heterocycles. The fraction of sp³-hybridized carbons (Fsp3) is 0.735. The van der Waals surface area contributed by atoms with Gasteiger partial charge in [0.2, 0.25) is 76.8 Å². The average Bonchev–Trinajstić information content (AvgIpc) is 1.75. The molecule has 3 fully saturated rings. The fourth-order valence-electron chi connectivity index (χ4n) is 12.1. The van der Waals surface area contributed by atoms with E-state index in [0.717, 1.165) is 55.2 Å². The van der Waals surface area contributed by atoms with Crippen LogP contribution in [0.1, 0.15) is 204 Å². The van der Waals surface area contributed by atoms with Crippen LogP contribution in [0.15, 0.2) is 0 Å². The lowest BCUT2D eigenvalue weighted by molar-refractivity contribution is -0.157. The van der Waals surface area contributed by atoms with E-state index in [2.05, 4.69) is 49.5 Å². The Morgan fingerprint density at radius 2 is 1.01 bits per heavy atom. The van der Waals surface area contributed by atoms with Crippen LogP contribution in [0.3, 0.4) is 0 Å². The van der Waals surface area contributed by atoms with Gasteiger partial charge in [0.25, 0.3) is 0 Å². The van der Waals surface area contributed by atoms with Gasteiger partial charge in [-0.25, -0.2) is 0 Å². The van der Waals surface area contributed by atoms with E-state index in [-0.39, 0.29) is 51.6 Å². The first kappa shape index (κ1) is 89.6. The third-order valence-corrected chi connectivity index (χ3v) is 17.8. The van der Waals surface area contributed by atoms with E-state index in [9.17, 15) is 102 Å². The first-order chi connectivity index (χ1) is 49.3. The summed E-state index contributed by atoms with van der Waals surface area (Å²) >= 11 is 0. The minimum atomic E-state index is -2.21. The van der Waals surface area contributed by atoms with Crippen LogP contribution >= 0.6 is 0 Å². The van der Waals surface area contributed by atoms with Crippen LogP contribution in [-0.4, -0.2) is 241 Å². The molecule has 3 heterocycles. The number of nitrogens with one attached hydrogen (secondary N) is 11. The molecule has 13 amide bonds. The molecule has 0 aromatic carbocycles. The van der Waals surface area contributed by atoms with Gasteiger partial charge in [-0.1, -0.05) is 91.4 Å². The van der Waals surface area contributed by atoms with E-state index in [0.29, 0.717) is 12.8 Å². The number of hydrogen-bond acceptors (Lipinski definition) is 20. The van der Waals surface area contributed by atoms with Crippen molar-refractivity contribution in [3.8, 4) is 0 Å². The Bertz CT molecular complexity index is 3110. The second kappa shape index (κ2) is 44.3. The minimum absolute atomic E-state index is 0.0397. The SMILES string of the molecule is CCCCCCCCCCCCCCC(=O)N[C@H](CC(=O)OC(C)(C)C)C(=O)NC(CC(=O)O)C(=O)NC1C(=O)N2CCCCC2C(=O)NC(C(C)C(=O)O)C(=O)NC(CC(=O)O)C(=O)NCC(=O)NC(CC(=O)O)C(=O)NCC(=O)NC(C(C)N)C(=O)NC(C(C)C)C(=O)N2CCCC2C(=O)NC1C. The van der Waals surface area contributed by atoms with E-state index >= 15 is 4.79 Å². The molecular formula is C68H110N14O23. The largest absolute Gasteiger partial charge is 0.481 e. The van der Waals surface area contributed by atoms with Crippen molar-refractivity contribution < 1.29 is 111 Å². The van der Waals surface area contributed by atoms with Crippen molar-refractivity contribution in [1.82, 2.24) is 68.3 Å². The molecule has 3 rings (SSSR count). The third-order valence-electron chi connectivity index (χ3n) is 17.8. The Morgan fingerprint density at radius 1 is 0.533 bits per heavy atom. The predicted octanol–water partition coefficient (Wildman–Crippen LogP) is -2.04. The van der Waals surface area contributed by atoms with Crippen LogP contribution in [-0.2, 0) is 91.0 Å². The average molecular weight is 1490 g/mol. The standard InChI is InChI=1S/C68H110N14O23/c1-10-11-12-13-14-15-16-17-18-19-20-21-27-46(83)73-43(33-52(92)105-68(7,8)9)59(95)75-42(32-51(90)91)60(96)80-56-39(6)72-61(97)45-26-24-29-82(45)65(101)53(36(2)3)78-64(100)55(38(5)69)77-48(85)35-71-57(93)40(30-49(86)87)74-47(84)34-70-58(94)41(31-50(88)89)76-63(99)54(37(4)67(103)104)79-62(98)44-25-22-23-28-81(44)66(56)102/h36-45,53-56H,10-35,69H2,1-9H3,(H,70,94)(H,71,93)(H,72,97)(H,73,83)(H,74,84)(H,75,95)(H,76,99)(H,77,85)(H,78,100)(H,79,98)(H,80,96)(H,86,87)(H,88,89)(H,90,91)(H,103,104)/t37?,38?,39?,40?,41?,42?,43-,44?,45?,53?,54?,55?,56?/m1/s1. The molecule has 0 radical (unpaired) electrons. The number of nitrogens with zero attached hydrogens (tertiary/aromatic N) is 2. The van der Waals surface area contributed by atoms with Gasteiger partial charge in [-0.2, -0.15) is 0 Å². The molecule has 0 bridgehead atoms. The molecule has 12 unspecified atom stereocenters.